The van der Waals surface area contributed by atoms with Gasteiger partial charge in [-0.25, -0.2) is 0 Å². The second-order valence-corrected chi connectivity index (χ2v) is 15.0. The molecule has 45 heavy (non-hydrogen) atoms. The van der Waals surface area contributed by atoms with E-state index in [4.69, 9.17) is 9.47 Å². The van der Waals surface area contributed by atoms with Crippen LogP contribution in [-0.4, -0.2) is 17.8 Å². The minimum Gasteiger partial charge on any atom is -0.347 e. The van der Waals surface area contributed by atoms with Gasteiger partial charge in [-0.1, -0.05) is 74.5 Å². The summed E-state index contributed by atoms with van der Waals surface area (Å²) in [6.07, 6.45) is 9.54. The number of ether oxygens (including phenoxy) is 2. The van der Waals surface area contributed by atoms with Crippen molar-refractivity contribution >= 4 is 50.1 Å². The number of hydrogen-bond donors (Lipinski definition) is 0. The molecule has 0 saturated carbocycles. The van der Waals surface area contributed by atoms with Crippen molar-refractivity contribution in [3.05, 3.63) is 132 Å². The Morgan fingerprint density at radius 3 is 2.27 bits per heavy atom. The van der Waals surface area contributed by atoms with Crippen molar-refractivity contribution in [2.24, 2.45) is 11.3 Å². The fraction of sp³-hybridized carbons (Fsp3) is 0.200. The van der Waals surface area contributed by atoms with Gasteiger partial charge in [0.05, 0.1) is 29.1 Å². The van der Waals surface area contributed by atoms with Gasteiger partial charge in [0.1, 0.15) is 0 Å². The van der Waals surface area contributed by atoms with Crippen molar-refractivity contribution in [1.82, 2.24) is 4.57 Å². The number of benzene rings is 3. The molecule has 3 aromatic carbocycles. The quantitative estimate of drug-likeness (QED) is 0.172. The van der Waals surface area contributed by atoms with Crippen molar-refractivity contribution in [1.29, 1.82) is 0 Å². The molecule has 0 radical (unpaired) electrons. The zero-order chi connectivity index (χ0) is 30.5. The normalized spacial score (nSPS) is 18.4. The first-order chi connectivity index (χ1) is 22.0. The van der Waals surface area contributed by atoms with Crippen LogP contribution in [-0.2, 0) is 9.47 Å². The van der Waals surface area contributed by atoms with Crippen LogP contribution in [0.15, 0.2) is 122 Å². The molecule has 5 heteroatoms. The fourth-order valence-corrected chi connectivity index (χ4v) is 8.43. The summed E-state index contributed by atoms with van der Waals surface area (Å²) in [5.41, 5.74) is 7.44. The number of para-hydroxylation sites is 1. The average molecular weight is 626 g/mol. The van der Waals surface area contributed by atoms with Gasteiger partial charge in [-0.15, -0.1) is 29.3 Å². The summed E-state index contributed by atoms with van der Waals surface area (Å²) in [6, 6.07) is 33.4. The van der Waals surface area contributed by atoms with Crippen LogP contribution >= 0.6 is 22.7 Å². The summed E-state index contributed by atoms with van der Waals surface area (Å²) in [7, 11) is 0. The van der Waals surface area contributed by atoms with E-state index in [-0.39, 0.29) is 11.7 Å². The summed E-state index contributed by atoms with van der Waals surface area (Å²) in [5, 5.41) is 2.53. The van der Waals surface area contributed by atoms with Gasteiger partial charge < -0.3 is 14.0 Å². The molecule has 2 aliphatic rings. The predicted octanol–water partition coefficient (Wildman–Crippen LogP) is 11.5. The molecule has 0 bridgehead atoms. The Kier molecular flexibility index (Phi) is 7.22. The molecule has 3 nitrogen and oxygen atoms in total. The Morgan fingerprint density at radius 2 is 1.49 bits per heavy atom. The SMILES string of the molecule is C=CC1C=CC(c2ccc(-n3c4ccccc4c4cc(-c5ccc(-c6ccc(C7OCC(C)(C)CO7)s6)s5)ccc43)cc2)=CC1. The van der Waals surface area contributed by atoms with Crippen LogP contribution in [0.4, 0.5) is 0 Å². The third-order valence-corrected chi connectivity index (χ3v) is 11.2. The van der Waals surface area contributed by atoms with Crippen molar-refractivity contribution in [2.45, 2.75) is 26.6 Å². The number of aromatic nitrogens is 1. The second-order valence-electron chi connectivity index (χ2n) is 12.8. The Bertz CT molecular complexity index is 2090. The van der Waals surface area contributed by atoms with Crippen LogP contribution in [0, 0.1) is 11.3 Å². The Labute approximate surface area is 272 Å². The van der Waals surface area contributed by atoms with Crippen molar-refractivity contribution < 1.29 is 9.47 Å². The maximum Gasteiger partial charge on any atom is 0.193 e. The molecule has 1 atom stereocenters. The minimum absolute atomic E-state index is 0.0673. The van der Waals surface area contributed by atoms with E-state index in [1.807, 2.05) is 17.4 Å². The van der Waals surface area contributed by atoms with Crippen LogP contribution < -0.4 is 0 Å². The first-order valence-electron chi connectivity index (χ1n) is 15.5. The zero-order valence-electron chi connectivity index (χ0n) is 25.5. The van der Waals surface area contributed by atoms with E-state index in [9.17, 15) is 0 Å². The Morgan fingerprint density at radius 1 is 0.778 bits per heavy atom. The molecule has 1 aliphatic carbocycles. The summed E-state index contributed by atoms with van der Waals surface area (Å²) in [6.45, 7) is 9.71. The van der Waals surface area contributed by atoms with Crippen LogP contribution in [0.3, 0.4) is 0 Å². The number of thiophene rings is 2. The molecule has 0 amide bonds. The molecular weight excluding hydrogens is 591 g/mol. The third-order valence-electron chi connectivity index (χ3n) is 8.81. The molecule has 8 rings (SSSR count). The van der Waals surface area contributed by atoms with Gasteiger partial charge in [0.15, 0.2) is 6.29 Å². The van der Waals surface area contributed by atoms with E-state index in [0.29, 0.717) is 19.1 Å². The number of rotatable bonds is 6. The Balaban J connectivity index is 1.10. The Hall–Kier alpha value is -4.00. The largest absolute Gasteiger partial charge is 0.347 e. The highest BCUT2D eigenvalue weighted by Gasteiger charge is 2.30. The van der Waals surface area contributed by atoms with Gasteiger partial charge >= 0.3 is 0 Å². The summed E-state index contributed by atoms with van der Waals surface area (Å²) < 4.78 is 14.5. The lowest BCUT2D eigenvalue weighted by Crippen LogP contribution is -2.33. The third kappa shape index (κ3) is 5.34. The number of nitrogens with zero attached hydrogens (tertiary/aromatic N) is 1. The molecule has 1 unspecified atom stereocenters. The van der Waals surface area contributed by atoms with E-state index >= 15 is 0 Å². The maximum atomic E-state index is 6.04. The highest BCUT2D eigenvalue weighted by Crippen LogP contribution is 2.42. The van der Waals surface area contributed by atoms with Gasteiger partial charge in [0.25, 0.3) is 0 Å². The standard InChI is InChI=1S/C40H35NO2S2/c1-4-26-9-11-27(12-10-26)28-13-16-30(17-14-28)41-33-8-6-5-7-31(33)32-23-29(15-18-34(32)41)35-19-20-36(44-35)37-21-22-38(45-37)39-42-24-40(2,3)25-43-39/h4-9,11-23,26,39H,1,10,24-25H2,2-3H3. The highest BCUT2D eigenvalue weighted by atomic mass is 32.1. The van der Waals surface area contributed by atoms with Crippen LogP contribution in [0.5, 0.6) is 0 Å². The average Bonchev–Trinajstić information content (AvgIpc) is 3.83. The van der Waals surface area contributed by atoms with Gasteiger partial charge in [-0.05, 0) is 83.6 Å². The molecule has 3 aromatic heterocycles. The van der Waals surface area contributed by atoms with Crippen LogP contribution in [0.1, 0.15) is 37.0 Å². The molecule has 1 fully saturated rings. The van der Waals surface area contributed by atoms with Gasteiger partial charge in [-0.2, -0.15) is 0 Å². The molecule has 224 valence electrons. The molecule has 6 aromatic rings. The highest BCUT2D eigenvalue weighted by molar-refractivity contribution is 7.23. The maximum absolute atomic E-state index is 6.04. The lowest BCUT2D eigenvalue weighted by molar-refractivity contribution is -0.224. The molecule has 0 N–H and O–H groups in total. The van der Waals surface area contributed by atoms with Gasteiger partial charge in [0, 0.05) is 36.5 Å². The molecule has 1 saturated heterocycles. The zero-order valence-corrected chi connectivity index (χ0v) is 27.2. The molecular formula is C40H35NO2S2. The molecule has 4 heterocycles. The summed E-state index contributed by atoms with van der Waals surface area (Å²) >= 11 is 3.60. The number of allylic oxidation sites excluding steroid dienone is 5. The monoisotopic (exact) mass is 625 g/mol. The number of fused-ring (bicyclic) bond motifs is 3. The van der Waals surface area contributed by atoms with Crippen LogP contribution in [0.2, 0.25) is 0 Å². The van der Waals surface area contributed by atoms with Crippen LogP contribution in [0.25, 0.3) is 53.3 Å². The molecule has 1 aliphatic heterocycles. The van der Waals surface area contributed by atoms with Crippen molar-refractivity contribution in [3.8, 4) is 25.9 Å². The van der Waals surface area contributed by atoms with Crippen molar-refractivity contribution in [2.75, 3.05) is 13.2 Å². The fourth-order valence-electron chi connectivity index (χ4n) is 6.33. The van der Waals surface area contributed by atoms with Gasteiger partial charge in [-0.3, -0.25) is 0 Å². The first kappa shape index (κ1) is 28.5. The van der Waals surface area contributed by atoms with E-state index < -0.39 is 0 Å². The summed E-state index contributed by atoms with van der Waals surface area (Å²) in [4.78, 5) is 4.91. The van der Waals surface area contributed by atoms with E-state index in [1.54, 1.807) is 11.3 Å². The summed E-state index contributed by atoms with van der Waals surface area (Å²) in [5.74, 6) is 0.435. The molecule has 0 spiro atoms. The smallest absolute Gasteiger partial charge is 0.193 e. The topological polar surface area (TPSA) is 23.4 Å². The van der Waals surface area contributed by atoms with E-state index in [2.05, 4.69) is 134 Å². The predicted molar refractivity (Wildman–Crippen MR) is 191 cm³/mol. The lowest BCUT2D eigenvalue weighted by atomic mass is 9.93. The van der Waals surface area contributed by atoms with E-state index in [1.165, 1.54) is 58.8 Å². The number of hydrogen-bond acceptors (Lipinski definition) is 4. The van der Waals surface area contributed by atoms with Crippen molar-refractivity contribution in [3.63, 3.8) is 0 Å². The first-order valence-corrected chi connectivity index (χ1v) is 17.2. The lowest BCUT2D eigenvalue weighted by Gasteiger charge is -2.34. The second kappa shape index (κ2) is 11.4. The van der Waals surface area contributed by atoms with Gasteiger partial charge in [0.2, 0.25) is 0 Å². The van der Waals surface area contributed by atoms with E-state index in [0.717, 1.165) is 11.3 Å². The minimum atomic E-state index is -0.265.